The molecule has 0 radical (unpaired) electrons. The Morgan fingerprint density at radius 2 is 1.89 bits per heavy atom. The van der Waals surface area contributed by atoms with Crippen LogP contribution in [-0.4, -0.2) is 74.4 Å². The molecule has 2 unspecified atom stereocenters. The van der Waals surface area contributed by atoms with Gasteiger partial charge in [0.2, 0.25) is 0 Å². The Hall–Kier alpha value is -0.160. The molecule has 4 rings (SSSR count). The van der Waals surface area contributed by atoms with Gasteiger partial charge in [-0.05, 0) is 25.3 Å². The average molecular weight is 253 g/mol. The SMILES string of the molecule is CCNC(C1CCOCC1)C1CN2CCN1CC2. The highest BCUT2D eigenvalue weighted by Gasteiger charge is 2.39. The lowest BCUT2D eigenvalue weighted by atomic mass is 9.84. The van der Waals surface area contributed by atoms with E-state index in [1.54, 1.807) is 0 Å². The summed E-state index contributed by atoms with van der Waals surface area (Å²) in [5.74, 6) is 0.809. The van der Waals surface area contributed by atoms with Crippen molar-refractivity contribution in [1.29, 1.82) is 0 Å². The number of nitrogens with zero attached hydrogens (tertiary/aromatic N) is 2. The van der Waals surface area contributed by atoms with Crippen molar-refractivity contribution < 1.29 is 4.74 Å². The number of ether oxygens (including phenoxy) is 1. The summed E-state index contributed by atoms with van der Waals surface area (Å²) in [5.41, 5.74) is 0. The molecule has 4 fully saturated rings. The Balaban J connectivity index is 1.68. The van der Waals surface area contributed by atoms with Crippen molar-refractivity contribution in [2.24, 2.45) is 5.92 Å². The molecule has 0 aromatic carbocycles. The van der Waals surface area contributed by atoms with Crippen molar-refractivity contribution in [2.75, 3.05) is 52.5 Å². The number of hydrogen-bond donors (Lipinski definition) is 1. The molecule has 0 aromatic rings. The minimum absolute atomic E-state index is 0.669. The van der Waals surface area contributed by atoms with Crippen molar-refractivity contribution in [3.05, 3.63) is 0 Å². The van der Waals surface area contributed by atoms with Crippen LogP contribution in [0.15, 0.2) is 0 Å². The fourth-order valence-corrected chi connectivity index (χ4v) is 3.93. The minimum Gasteiger partial charge on any atom is -0.381 e. The van der Waals surface area contributed by atoms with E-state index in [0.29, 0.717) is 6.04 Å². The van der Waals surface area contributed by atoms with Gasteiger partial charge in [-0.2, -0.15) is 0 Å². The van der Waals surface area contributed by atoms with Crippen LogP contribution in [0.2, 0.25) is 0 Å². The first kappa shape index (κ1) is 12.9. The van der Waals surface area contributed by atoms with Crippen molar-refractivity contribution >= 4 is 0 Å². The lowest BCUT2D eigenvalue weighted by Gasteiger charge is -2.52. The molecule has 18 heavy (non-hydrogen) atoms. The minimum atomic E-state index is 0.669. The number of piperazine rings is 3. The van der Waals surface area contributed by atoms with Crippen LogP contribution in [0.5, 0.6) is 0 Å². The maximum atomic E-state index is 5.53. The summed E-state index contributed by atoms with van der Waals surface area (Å²) in [6, 6.07) is 1.40. The van der Waals surface area contributed by atoms with Gasteiger partial charge in [0.05, 0.1) is 0 Å². The van der Waals surface area contributed by atoms with Gasteiger partial charge in [0.25, 0.3) is 0 Å². The van der Waals surface area contributed by atoms with Crippen LogP contribution in [0.4, 0.5) is 0 Å². The van der Waals surface area contributed by atoms with Crippen molar-refractivity contribution in [1.82, 2.24) is 15.1 Å². The molecule has 0 saturated carbocycles. The zero-order chi connectivity index (χ0) is 12.4. The van der Waals surface area contributed by atoms with Crippen LogP contribution in [0.3, 0.4) is 0 Å². The van der Waals surface area contributed by atoms with Gasteiger partial charge in [0.15, 0.2) is 0 Å². The van der Waals surface area contributed by atoms with Gasteiger partial charge >= 0.3 is 0 Å². The van der Waals surface area contributed by atoms with E-state index in [1.165, 1.54) is 45.6 Å². The number of hydrogen-bond acceptors (Lipinski definition) is 4. The zero-order valence-electron chi connectivity index (χ0n) is 11.6. The van der Waals surface area contributed by atoms with Crippen LogP contribution < -0.4 is 5.32 Å². The monoisotopic (exact) mass is 253 g/mol. The van der Waals surface area contributed by atoms with Gasteiger partial charge in [0, 0.05) is 58.0 Å². The second-order valence-corrected chi connectivity index (χ2v) is 5.94. The molecule has 4 saturated heterocycles. The largest absolute Gasteiger partial charge is 0.381 e. The molecule has 4 nitrogen and oxygen atoms in total. The Kier molecular flexibility index (Phi) is 4.19. The summed E-state index contributed by atoms with van der Waals surface area (Å²) in [6.07, 6.45) is 2.48. The van der Waals surface area contributed by atoms with E-state index in [1.807, 2.05) is 0 Å². The van der Waals surface area contributed by atoms with Crippen LogP contribution >= 0.6 is 0 Å². The maximum absolute atomic E-state index is 5.53. The zero-order valence-corrected chi connectivity index (χ0v) is 11.6. The van der Waals surface area contributed by atoms with Crippen molar-refractivity contribution in [2.45, 2.75) is 31.8 Å². The average Bonchev–Trinajstić information content (AvgIpc) is 2.47. The molecular formula is C14H27N3O. The van der Waals surface area contributed by atoms with Crippen LogP contribution in [0, 0.1) is 5.92 Å². The Labute approximate surface area is 111 Å². The highest BCUT2D eigenvalue weighted by atomic mass is 16.5. The normalized spacial score (nSPS) is 38.8. The lowest BCUT2D eigenvalue weighted by Crippen LogP contribution is -2.67. The molecule has 2 bridgehead atoms. The summed E-state index contributed by atoms with van der Waals surface area (Å²) in [6.45, 7) is 11.6. The first-order chi connectivity index (χ1) is 8.88. The predicted octanol–water partition coefficient (Wildman–Crippen LogP) is 0.391. The summed E-state index contributed by atoms with van der Waals surface area (Å²) in [5, 5.41) is 3.78. The molecule has 0 aliphatic carbocycles. The lowest BCUT2D eigenvalue weighted by molar-refractivity contribution is -0.0284. The number of fused-ring (bicyclic) bond motifs is 3. The summed E-state index contributed by atoms with van der Waals surface area (Å²) >= 11 is 0. The second kappa shape index (κ2) is 5.87. The highest BCUT2D eigenvalue weighted by molar-refractivity contribution is 4.97. The molecule has 4 aliphatic rings. The molecule has 0 spiro atoms. The first-order valence-corrected chi connectivity index (χ1v) is 7.66. The number of nitrogens with one attached hydrogen (secondary N) is 1. The van der Waals surface area contributed by atoms with Gasteiger partial charge in [-0.25, -0.2) is 0 Å². The van der Waals surface area contributed by atoms with E-state index < -0.39 is 0 Å². The quantitative estimate of drug-likeness (QED) is 0.784. The van der Waals surface area contributed by atoms with Gasteiger partial charge < -0.3 is 10.1 Å². The van der Waals surface area contributed by atoms with Gasteiger partial charge in [-0.1, -0.05) is 6.92 Å². The van der Waals surface area contributed by atoms with E-state index >= 15 is 0 Å². The van der Waals surface area contributed by atoms with Crippen molar-refractivity contribution in [3.63, 3.8) is 0 Å². The summed E-state index contributed by atoms with van der Waals surface area (Å²) in [4.78, 5) is 5.37. The molecule has 2 atom stereocenters. The molecule has 0 amide bonds. The summed E-state index contributed by atoms with van der Waals surface area (Å²) < 4.78 is 5.53. The van der Waals surface area contributed by atoms with E-state index in [0.717, 1.165) is 31.7 Å². The van der Waals surface area contributed by atoms with E-state index in [-0.39, 0.29) is 0 Å². The van der Waals surface area contributed by atoms with Crippen molar-refractivity contribution in [3.8, 4) is 0 Å². The van der Waals surface area contributed by atoms with E-state index in [4.69, 9.17) is 4.74 Å². The van der Waals surface area contributed by atoms with Crippen LogP contribution in [-0.2, 0) is 4.74 Å². The second-order valence-electron chi connectivity index (χ2n) is 5.94. The van der Waals surface area contributed by atoms with Crippen LogP contribution in [0.1, 0.15) is 19.8 Å². The summed E-state index contributed by atoms with van der Waals surface area (Å²) in [7, 11) is 0. The Morgan fingerprint density at radius 1 is 1.17 bits per heavy atom. The molecule has 0 aromatic heterocycles. The third-order valence-corrected chi connectivity index (χ3v) is 4.95. The van der Waals surface area contributed by atoms with Gasteiger partial charge in [-0.15, -0.1) is 0 Å². The smallest absolute Gasteiger partial charge is 0.0469 e. The molecular weight excluding hydrogens is 226 g/mol. The van der Waals surface area contributed by atoms with Gasteiger partial charge in [0.1, 0.15) is 0 Å². The highest BCUT2D eigenvalue weighted by Crippen LogP contribution is 2.27. The molecule has 1 N–H and O–H groups in total. The Morgan fingerprint density at radius 3 is 2.44 bits per heavy atom. The number of likely N-dealkylation sites (N-methyl/N-ethyl adjacent to an activating group) is 1. The van der Waals surface area contributed by atoms with Crippen LogP contribution in [0.25, 0.3) is 0 Å². The van der Waals surface area contributed by atoms with E-state index in [9.17, 15) is 0 Å². The number of rotatable bonds is 4. The first-order valence-electron chi connectivity index (χ1n) is 7.66. The maximum Gasteiger partial charge on any atom is 0.0469 e. The van der Waals surface area contributed by atoms with Gasteiger partial charge in [-0.3, -0.25) is 9.80 Å². The predicted molar refractivity (Wildman–Crippen MR) is 72.8 cm³/mol. The third kappa shape index (κ3) is 2.57. The third-order valence-electron chi connectivity index (χ3n) is 4.95. The molecule has 4 aliphatic heterocycles. The molecule has 4 heterocycles. The standard InChI is InChI=1S/C14H27N3O/c1-2-15-14(12-3-9-18-10-4-12)13-11-16-5-7-17(13)8-6-16/h12-15H,2-11H2,1H3. The van der Waals surface area contributed by atoms with E-state index in [2.05, 4.69) is 22.0 Å². The Bertz CT molecular complexity index is 260. The fourth-order valence-electron chi connectivity index (χ4n) is 3.93. The topological polar surface area (TPSA) is 27.7 Å². The fraction of sp³-hybridized carbons (Fsp3) is 1.00. The molecule has 4 heteroatoms. The molecule has 104 valence electrons.